The van der Waals surface area contributed by atoms with Gasteiger partial charge in [0.2, 0.25) is 0 Å². The van der Waals surface area contributed by atoms with Gasteiger partial charge >= 0.3 is 0 Å². The summed E-state index contributed by atoms with van der Waals surface area (Å²) in [5.74, 6) is 0. The van der Waals surface area contributed by atoms with Crippen LogP contribution in [0.1, 0.15) is 40.0 Å². The van der Waals surface area contributed by atoms with E-state index in [0.29, 0.717) is 13.2 Å². The molecule has 2 nitrogen and oxygen atoms in total. The Hall–Kier alpha value is 0.210. The average Bonchev–Trinajstić information content (AvgIpc) is 2.14. The molecule has 0 saturated heterocycles. The van der Waals surface area contributed by atoms with Crippen molar-refractivity contribution in [1.82, 2.24) is 0 Å². The van der Waals surface area contributed by atoms with Gasteiger partial charge in [0.15, 0.2) is 6.29 Å². The molecular weight excluding hydrogens is 188 g/mol. The zero-order chi connectivity index (χ0) is 10.1. The smallest absolute Gasteiger partial charge is 0.173 e. The summed E-state index contributed by atoms with van der Waals surface area (Å²) in [7, 11) is 0. The summed E-state index contributed by atoms with van der Waals surface area (Å²) in [5.41, 5.74) is 0. The van der Waals surface area contributed by atoms with Crippen molar-refractivity contribution in [3.05, 3.63) is 0 Å². The van der Waals surface area contributed by atoms with E-state index in [-0.39, 0.29) is 11.7 Å². The van der Waals surface area contributed by atoms with Crippen LogP contribution in [0.4, 0.5) is 0 Å². The van der Waals surface area contributed by atoms with Crippen LogP contribution in [0.2, 0.25) is 0 Å². The molecule has 1 unspecified atom stereocenters. The molecule has 0 heterocycles. The van der Waals surface area contributed by atoms with Crippen molar-refractivity contribution in [3.8, 4) is 0 Å². The SMILES string of the molecule is CCCCC(Cl)C(OCC)OCC. The second-order valence-corrected chi connectivity index (χ2v) is 3.50. The molecule has 0 aromatic carbocycles. The Morgan fingerprint density at radius 3 is 2.00 bits per heavy atom. The molecule has 0 radical (unpaired) electrons. The molecule has 0 fully saturated rings. The van der Waals surface area contributed by atoms with E-state index in [0.717, 1.165) is 19.3 Å². The van der Waals surface area contributed by atoms with Crippen LogP contribution in [0.15, 0.2) is 0 Å². The molecule has 13 heavy (non-hydrogen) atoms. The lowest BCUT2D eigenvalue weighted by Crippen LogP contribution is -2.28. The molecule has 0 saturated carbocycles. The molecule has 0 amide bonds. The Morgan fingerprint density at radius 1 is 1.08 bits per heavy atom. The number of unbranched alkanes of at least 4 members (excludes halogenated alkanes) is 1. The van der Waals surface area contributed by atoms with Crippen LogP contribution in [0.25, 0.3) is 0 Å². The highest BCUT2D eigenvalue weighted by Crippen LogP contribution is 2.15. The first-order valence-electron chi connectivity index (χ1n) is 5.13. The van der Waals surface area contributed by atoms with Gasteiger partial charge in [-0.25, -0.2) is 0 Å². The Labute approximate surface area is 86.6 Å². The number of rotatable bonds is 8. The van der Waals surface area contributed by atoms with E-state index in [4.69, 9.17) is 21.1 Å². The predicted molar refractivity (Wildman–Crippen MR) is 56.2 cm³/mol. The van der Waals surface area contributed by atoms with Gasteiger partial charge in [0.25, 0.3) is 0 Å². The van der Waals surface area contributed by atoms with Crippen molar-refractivity contribution in [2.45, 2.75) is 51.7 Å². The van der Waals surface area contributed by atoms with Crippen molar-refractivity contribution in [2.24, 2.45) is 0 Å². The Morgan fingerprint density at radius 2 is 1.62 bits per heavy atom. The average molecular weight is 209 g/mol. The summed E-state index contributed by atoms with van der Waals surface area (Å²) in [6.45, 7) is 7.37. The fourth-order valence-corrected chi connectivity index (χ4v) is 1.42. The van der Waals surface area contributed by atoms with Crippen LogP contribution in [0.5, 0.6) is 0 Å². The number of ether oxygens (including phenoxy) is 2. The molecule has 1 atom stereocenters. The van der Waals surface area contributed by atoms with E-state index in [1.807, 2.05) is 13.8 Å². The van der Waals surface area contributed by atoms with Crippen LogP contribution in [0.3, 0.4) is 0 Å². The summed E-state index contributed by atoms with van der Waals surface area (Å²) >= 11 is 6.13. The number of hydrogen-bond donors (Lipinski definition) is 0. The van der Waals surface area contributed by atoms with Crippen LogP contribution in [-0.2, 0) is 9.47 Å². The standard InChI is InChI=1S/C10H21ClO2/c1-4-7-8-9(11)10(12-5-2)13-6-3/h9-10H,4-8H2,1-3H3. The maximum atomic E-state index is 6.13. The first-order chi connectivity index (χ1) is 6.26. The van der Waals surface area contributed by atoms with Gasteiger partial charge in [0, 0.05) is 13.2 Å². The molecule has 80 valence electrons. The maximum absolute atomic E-state index is 6.13. The second kappa shape index (κ2) is 8.79. The van der Waals surface area contributed by atoms with Crippen LogP contribution >= 0.6 is 11.6 Å². The highest BCUT2D eigenvalue weighted by Gasteiger charge is 2.18. The molecule has 0 aliphatic carbocycles. The highest BCUT2D eigenvalue weighted by molar-refractivity contribution is 6.20. The van der Waals surface area contributed by atoms with Gasteiger partial charge in [0.1, 0.15) is 0 Å². The third-order valence-corrected chi connectivity index (χ3v) is 2.21. The van der Waals surface area contributed by atoms with Crippen molar-refractivity contribution < 1.29 is 9.47 Å². The molecule has 0 rings (SSSR count). The Balaban J connectivity index is 3.72. The van der Waals surface area contributed by atoms with E-state index in [1.54, 1.807) is 0 Å². The van der Waals surface area contributed by atoms with Gasteiger partial charge in [-0.1, -0.05) is 19.8 Å². The zero-order valence-corrected chi connectivity index (χ0v) is 9.64. The summed E-state index contributed by atoms with van der Waals surface area (Å²) in [4.78, 5) is 0. The molecule has 0 bridgehead atoms. The van der Waals surface area contributed by atoms with Crippen molar-refractivity contribution in [2.75, 3.05) is 13.2 Å². The molecule has 3 heteroatoms. The summed E-state index contributed by atoms with van der Waals surface area (Å²) in [5, 5.41) is -0.0140. The molecule has 0 spiro atoms. The Kier molecular flexibility index (Phi) is 8.93. The third-order valence-electron chi connectivity index (χ3n) is 1.79. The molecule has 0 aromatic heterocycles. The van der Waals surface area contributed by atoms with E-state index in [1.165, 1.54) is 0 Å². The summed E-state index contributed by atoms with van der Waals surface area (Å²) < 4.78 is 10.8. The van der Waals surface area contributed by atoms with Gasteiger partial charge in [-0.2, -0.15) is 0 Å². The lowest BCUT2D eigenvalue weighted by Gasteiger charge is -2.21. The van der Waals surface area contributed by atoms with E-state index in [9.17, 15) is 0 Å². The van der Waals surface area contributed by atoms with Gasteiger partial charge in [-0.05, 0) is 20.3 Å². The maximum Gasteiger partial charge on any atom is 0.173 e. The number of halogens is 1. The first-order valence-corrected chi connectivity index (χ1v) is 5.57. The van der Waals surface area contributed by atoms with Crippen molar-refractivity contribution in [1.29, 1.82) is 0 Å². The minimum atomic E-state index is -0.233. The minimum Gasteiger partial charge on any atom is -0.351 e. The fourth-order valence-electron chi connectivity index (χ4n) is 1.12. The predicted octanol–water partition coefficient (Wildman–Crippen LogP) is 3.18. The first kappa shape index (κ1) is 13.2. The Bertz CT molecular complexity index is 103. The molecular formula is C10H21ClO2. The second-order valence-electron chi connectivity index (χ2n) is 2.94. The fraction of sp³-hybridized carbons (Fsp3) is 1.00. The summed E-state index contributed by atoms with van der Waals surface area (Å²) in [6.07, 6.45) is 3.02. The van der Waals surface area contributed by atoms with Crippen LogP contribution < -0.4 is 0 Å². The van der Waals surface area contributed by atoms with Crippen LogP contribution in [-0.4, -0.2) is 24.9 Å². The summed E-state index contributed by atoms with van der Waals surface area (Å²) in [6, 6.07) is 0. The lowest BCUT2D eigenvalue weighted by atomic mass is 10.2. The zero-order valence-electron chi connectivity index (χ0n) is 8.88. The van der Waals surface area contributed by atoms with E-state index >= 15 is 0 Å². The molecule has 0 aliphatic heterocycles. The van der Waals surface area contributed by atoms with Gasteiger partial charge in [-0.15, -0.1) is 11.6 Å². The molecule has 0 aliphatic rings. The van der Waals surface area contributed by atoms with Crippen LogP contribution in [0, 0.1) is 0 Å². The van der Waals surface area contributed by atoms with E-state index < -0.39 is 0 Å². The number of alkyl halides is 1. The van der Waals surface area contributed by atoms with E-state index in [2.05, 4.69) is 6.92 Å². The lowest BCUT2D eigenvalue weighted by molar-refractivity contribution is -0.137. The van der Waals surface area contributed by atoms with Crippen molar-refractivity contribution >= 4 is 11.6 Å². The topological polar surface area (TPSA) is 18.5 Å². The highest BCUT2D eigenvalue weighted by atomic mass is 35.5. The number of hydrogen-bond acceptors (Lipinski definition) is 2. The molecule has 0 N–H and O–H groups in total. The van der Waals surface area contributed by atoms with Gasteiger partial charge < -0.3 is 9.47 Å². The molecule has 0 aromatic rings. The van der Waals surface area contributed by atoms with Crippen molar-refractivity contribution in [3.63, 3.8) is 0 Å². The van der Waals surface area contributed by atoms with Gasteiger partial charge in [0.05, 0.1) is 5.38 Å². The normalized spacial score (nSPS) is 13.6. The minimum absolute atomic E-state index is 0.0140. The van der Waals surface area contributed by atoms with Gasteiger partial charge in [-0.3, -0.25) is 0 Å². The largest absolute Gasteiger partial charge is 0.351 e. The third kappa shape index (κ3) is 6.30. The quantitative estimate of drug-likeness (QED) is 0.451. The monoisotopic (exact) mass is 208 g/mol.